The summed E-state index contributed by atoms with van der Waals surface area (Å²) in [6, 6.07) is 7.51. The van der Waals surface area contributed by atoms with Crippen molar-refractivity contribution in [2.75, 3.05) is 32.6 Å². The van der Waals surface area contributed by atoms with Crippen LogP contribution in [0.4, 0.5) is 0 Å². The summed E-state index contributed by atoms with van der Waals surface area (Å²) in [7, 11) is 1.67. The summed E-state index contributed by atoms with van der Waals surface area (Å²) >= 11 is 7.43. The second-order valence-electron chi connectivity index (χ2n) is 7.49. The number of nitrogens with zero attached hydrogens (tertiary/aromatic N) is 4. The molecule has 0 spiro atoms. The minimum atomic E-state index is 0.165. The third-order valence-electron chi connectivity index (χ3n) is 4.88. The minimum absolute atomic E-state index is 0.165. The zero-order valence-electron chi connectivity index (χ0n) is 16.6. The van der Waals surface area contributed by atoms with Gasteiger partial charge in [0, 0.05) is 30.8 Å². The molecule has 6 nitrogen and oxygen atoms in total. The van der Waals surface area contributed by atoms with Crippen molar-refractivity contribution in [1.29, 1.82) is 0 Å². The highest BCUT2D eigenvalue weighted by Gasteiger charge is 2.26. The second kappa shape index (κ2) is 9.76. The molecule has 1 fully saturated rings. The number of likely N-dealkylation sites (tertiary alicyclic amines) is 1. The maximum absolute atomic E-state index is 12.7. The van der Waals surface area contributed by atoms with Gasteiger partial charge >= 0.3 is 0 Å². The lowest BCUT2D eigenvalue weighted by molar-refractivity contribution is -0.130. The number of aromatic nitrogens is 3. The Hall–Kier alpha value is -1.57. The number of methoxy groups -OCH3 is 1. The fourth-order valence-corrected chi connectivity index (χ4v) is 4.67. The predicted octanol–water partition coefficient (Wildman–Crippen LogP) is 3.84. The van der Waals surface area contributed by atoms with Gasteiger partial charge in [-0.05, 0) is 42.5 Å². The van der Waals surface area contributed by atoms with Crippen LogP contribution in [0.15, 0.2) is 29.4 Å². The van der Waals surface area contributed by atoms with Crippen molar-refractivity contribution in [3.63, 3.8) is 0 Å². The van der Waals surface area contributed by atoms with E-state index in [1.54, 1.807) is 7.11 Å². The topological polar surface area (TPSA) is 60.2 Å². The van der Waals surface area contributed by atoms with E-state index in [9.17, 15) is 4.79 Å². The molecule has 2 atom stereocenters. The normalized spacial score (nSPS) is 19.8. The standard InChI is InChI=1S/C20H27ClN4O2S/c1-14-10-15(2)12-24(11-14)18(26)13-28-20-23-22-19(25(20)8-9-27-3)16-4-6-17(21)7-5-16/h4-7,14-15H,8-13H2,1-3H3/t14-,15+. The maximum atomic E-state index is 12.7. The van der Waals surface area contributed by atoms with Gasteiger partial charge < -0.3 is 9.64 Å². The van der Waals surface area contributed by atoms with Gasteiger partial charge in [-0.3, -0.25) is 9.36 Å². The van der Waals surface area contributed by atoms with Gasteiger partial charge in [-0.25, -0.2) is 0 Å². The average Bonchev–Trinajstić information content (AvgIpc) is 3.07. The van der Waals surface area contributed by atoms with E-state index >= 15 is 0 Å². The van der Waals surface area contributed by atoms with Crippen molar-refractivity contribution in [1.82, 2.24) is 19.7 Å². The summed E-state index contributed by atoms with van der Waals surface area (Å²) in [5, 5.41) is 10.1. The van der Waals surface area contributed by atoms with Gasteiger partial charge in [0.25, 0.3) is 0 Å². The van der Waals surface area contributed by atoms with Crippen molar-refractivity contribution in [3.05, 3.63) is 29.3 Å². The number of halogens is 1. The number of carbonyl (C=O) groups is 1. The fourth-order valence-electron chi connectivity index (χ4n) is 3.68. The van der Waals surface area contributed by atoms with Crippen molar-refractivity contribution >= 4 is 29.3 Å². The molecule has 28 heavy (non-hydrogen) atoms. The van der Waals surface area contributed by atoms with E-state index in [1.807, 2.05) is 33.7 Å². The Kier molecular flexibility index (Phi) is 7.37. The molecule has 3 rings (SSSR count). The molecule has 0 radical (unpaired) electrons. The number of rotatable bonds is 7. The van der Waals surface area contributed by atoms with Crippen LogP contribution >= 0.6 is 23.4 Å². The van der Waals surface area contributed by atoms with Crippen LogP contribution < -0.4 is 0 Å². The van der Waals surface area contributed by atoms with E-state index in [2.05, 4.69) is 24.0 Å². The van der Waals surface area contributed by atoms with Crippen molar-refractivity contribution in [2.24, 2.45) is 11.8 Å². The Morgan fingerprint density at radius 3 is 2.54 bits per heavy atom. The van der Waals surface area contributed by atoms with Gasteiger partial charge in [0.1, 0.15) is 0 Å². The highest BCUT2D eigenvalue weighted by Crippen LogP contribution is 2.26. The van der Waals surface area contributed by atoms with E-state index in [4.69, 9.17) is 16.3 Å². The average molecular weight is 423 g/mol. The molecule has 2 aromatic rings. The smallest absolute Gasteiger partial charge is 0.233 e. The molecular formula is C20H27ClN4O2S. The summed E-state index contributed by atoms with van der Waals surface area (Å²) in [5.41, 5.74) is 0.935. The van der Waals surface area contributed by atoms with E-state index in [1.165, 1.54) is 18.2 Å². The lowest BCUT2D eigenvalue weighted by atomic mass is 9.92. The molecule has 8 heteroatoms. The van der Waals surface area contributed by atoms with Crippen LogP contribution in [0.5, 0.6) is 0 Å². The Balaban J connectivity index is 1.72. The van der Waals surface area contributed by atoms with Crippen LogP contribution in [0, 0.1) is 11.8 Å². The SMILES string of the molecule is COCCn1c(SCC(=O)N2C[C@H](C)C[C@H](C)C2)nnc1-c1ccc(Cl)cc1. The first-order valence-corrected chi connectivity index (χ1v) is 10.9. The highest BCUT2D eigenvalue weighted by atomic mass is 35.5. The summed E-state index contributed by atoms with van der Waals surface area (Å²) < 4.78 is 7.25. The number of amides is 1. The summed E-state index contributed by atoms with van der Waals surface area (Å²) in [5.74, 6) is 2.39. The minimum Gasteiger partial charge on any atom is -0.383 e. The molecule has 0 N–H and O–H groups in total. The molecule has 1 saturated heterocycles. The molecule has 0 unspecified atom stereocenters. The van der Waals surface area contributed by atoms with Crippen LogP contribution in [0.25, 0.3) is 11.4 Å². The molecule has 0 aliphatic carbocycles. The maximum Gasteiger partial charge on any atom is 0.233 e. The number of thioether (sulfide) groups is 1. The second-order valence-corrected chi connectivity index (χ2v) is 8.87. The molecule has 1 aliphatic heterocycles. The molecule has 0 saturated carbocycles. The highest BCUT2D eigenvalue weighted by molar-refractivity contribution is 7.99. The van der Waals surface area contributed by atoms with E-state index in [-0.39, 0.29) is 5.91 Å². The van der Waals surface area contributed by atoms with Gasteiger partial charge in [-0.1, -0.05) is 37.2 Å². The lowest BCUT2D eigenvalue weighted by Crippen LogP contribution is -2.43. The van der Waals surface area contributed by atoms with Gasteiger partial charge in [0.15, 0.2) is 11.0 Å². The predicted molar refractivity (Wildman–Crippen MR) is 113 cm³/mol. The first-order valence-electron chi connectivity index (χ1n) is 9.56. The molecular weight excluding hydrogens is 396 g/mol. The number of piperidine rings is 1. The molecule has 152 valence electrons. The zero-order valence-corrected chi connectivity index (χ0v) is 18.2. The van der Waals surface area contributed by atoms with E-state index in [0.717, 1.165) is 29.6 Å². The quantitative estimate of drug-likeness (QED) is 0.634. The summed E-state index contributed by atoms with van der Waals surface area (Å²) in [6.45, 7) is 7.27. The first kappa shape index (κ1) is 21.1. The molecule has 1 aromatic heterocycles. The third-order valence-corrected chi connectivity index (χ3v) is 6.09. The molecule has 1 aliphatic rings. The van der Waals surface area contributed by atoms with Crippen molar-refractivity contribution in [3.8, 4) is 11.4 Å². The Morgan fingerprint density at radius 1 is 1.21 bits per heavy atom. The lowest BCUT2D eigenvalue weighted by Gasteiger charge is -2.34. The van der Waals surface area contributed by atoms with Gasteiger partial charge in [-0.15, -0.1) is 10.2 Å². The van der Waals surface area contributed by atoms with E-state index in [0.29, 0.717) is 35.8 Å². The van der Waals surface area contributed by atoms with Crippen LogP contribution in [-0.4, -0.2) is 58.1 Å². The summed E-state index contributed by atoms with van der Waals surface area (Å²) in [6.07, 6.45) is 1.19. The van der Waals surface area contributed by atoms with Crippen LogP contribution in [0.2, 0.25) is 5.02 Å². The van der Waals surface area contributed by atoms with Crippen LogP contribution in [0.1, 0.15) is 20.3 Å². The molecule has 1 amide bonds. The largest absolute Gasteiger partial charge is 0.383 e. The number of hydrogen-bond donors (Lipinski definition) is 0. The Bertz CT molecular complexity index is 786. The fraction of sp³-hybridized carbons (Fsp3) is 0.550. The number of hydrogen-bond acceptors (Lipinski definition) is 5. The Labute approximate surface area is 175 Å². The van der Waals surface area contributed by atoms with E-state index < -0.39 is 0 Å². The van der Waals surface area contributed by atoms with Crippen LogP contribution in [-0.2, 0) is 16.1 Å². The molecule has 0 bridgehead atoms. The monoisotopic (exact) mass is 422 g/mol. The molecule has 1 aromatic carbocycles. The van der Waals surface area contributed by atoms with Crippen molar-refractivity contribution < 1.29 is 9.53 Å². The third kappa shape index (κ3) is 5.27. The number of benzene rings is 1. The van der Waals surface area contributed by atoms with Gasteiger partial charge in [-0.2, -0.15) is 0 Å². The number of carbonyl (C=O) groups excluding carboxylic acids is 1. The molecule has 2 heterocycles. The number of ether oxygens (including phenoxy) is 1. The van der Waals surface area contributed by atoms with Gasteiger partial charge in [0.05, 0.1) is 18.9 Å². The van der Waals surface area contributed by atoms with Crippen LogP contribution in [0.3, 0.4) is 0 Å². The first-order chi connectivity index (χ1) is 13.5. The summed E-state index contributed by atoms with van der Waals surface area (Å²) in [4.78, 5) is 14.7. The zero-order chi connectivity index (χ0) is 20.1. The van der Waals surface area contributed by atoms with Gasteiger partial charge in [0.2, 0.25) is 5.91 Å². The Morgan fingerprint density at radius 2 is 1.89 bits per heavy atom. The van der Waals surface area contributed by atoms with Crippen molar-refractivity contribution in [2.45, 2.75) is 32.0 Å².